The Kier molecular flexibility index (Phi) is 8.31. The molecule has 168 valence electrons. The van der Waals surface area contributed by atoms with Gasteiger partial charge >= 0.3 is 0 Å². The average Bonchev–Trinajstić information content (AvgIpc) is 2.79. The molecule has 3 aromatic carbocycles. The Balaban J connectivity index is 1.63. The van der Waals surface area contributed by atoms with Gasteiger partial charge in [0.1, 0.15) is 12.4 Å². The third kappa shape index (κ3) is 5.70. The van der Waals surface area contributed by atoms with Crippen LogP contribution in [0.15, 0.2) is 97.1 Å². The lowest BCUT2D eigenvalue weighted by Crippen LogP contribution is -2.66. The quantitative estimate of drug-likeness (QED) is 0.192. The number of hydrogen-bond acceptors (Lipinski definition) is 3. The first-order valence-corrected chi connectivity index (χ1v) is 13.2. The number of para-hydroxylation sites is 2. The lowest BCUT2D eigenvalue weighted by atomic mass is 10.2. The van der Waals surface area contributed by atoms with Gasteiger partial charge in [-0.3, -0.25) is 0 Å². The molecule has 0 atom stereocenters. The minimum absolute atomic E-state index is 0.00893. The largest absolute Gasteiger partial charge is 0.487 e. The molecule has 0 bridgehead atoms. The number of benzene rings is 3. The van der Waals surface area contributed by atoms with Crippen LogP contribution in [0.3, 0.4) is 0 Å². The second-order valence-electron chi connectivity index (χ2n) is 8.97. The maximum atomic E-state index is 6.92. The van der Waals surface area contributed by atoms with E-state index in [1.165, 1.54) is 10.4 Å². The second kappa shape index (κ2) is 11.2. The van der Waals surface area contributed by atoms with Crippen molar-refractivity contribution in [2.45, 2.75) is 38.7 Å². The van der Waals surface area contributed by atoms with E-state index in [1.807, 2.05) is 24.3 Å². The molecule has 0 aliphatic carbocycles. The van der Waals surface area contributed by atoms with Crippen LogP contribution >= 0.6 is 0 Å². The fraction of sp³-hybridized carbons (Fsp3) is 0.286. The number of unbranched alkanes of at least 4 members (excludes halogenated alkanes) is 1. The number of anilines is 1. The molecule has 0 unspecified atom stereocenters. The average molecular weight is 446 g/mol. The molecular formula is C28H35NO2Si. The molecule has 0 radical (unpaired) electrons. The molecule has 0 aliphatic rings. The predicted molar refractivity (Wildman–Crippen MR) is 138 cm³/mol. The summed E-state index contributed by atoms with van der Waals surface area (Å²) < 4.78 is 12.6. The summed E-state index contributed by atoms with van der Waals surface area (Å²) in [4.78, 5) is 0. The molecule has 3 nitrogen and oxygen atoms in total. The Morgan fingerprint density at radius 1 is 0.781 bits per heavy atom. The molecule has 0 amide bonds. The van der Waals surface area contributed by atoms with Crippen LogP contribution in [0.4, 0.5) is 5.69 Å². The zero-order valence-electron chi connectivity index (χ0n) is 19.5. The molecule has 0 heterocycles. The van der Waals surface area contributed by atoms with Gasteiger partial charge in [-0.15, -0.1) is 0 Å². The minimum atomic E-state index is -2.44. The van der Waals surface area contributed by atoms with Crippen LogP contribution in [0.5, 0.6) is 5.75 Å². The lowest BCUT2D eigenvalue weighted by Gasteiger charge is -2.43. The summed E-state index contributed by atoms with van der Waals surface area (Å²) in [7, 11) is -2.44. The van der Waals surface area contributed by atoms with Crippen LogP contribution in [0.25, 0.3) is 0 Å². The number of ether oxygens (including phenoxy) is 1. The SMILES string of the molecule is CC(C)(C)[Si](OCCC/C=C/COc1ccccc1N)(c1ccccc1)c1ccccc1. The van der Waals surface area contributed by atoms with E-state index in [0.717, 1.165) is 25.2 Å². The van der Waals surface area contributed by atoms with Crippen molar-refractivity contribution in [1.82, 2.24) is 0 Å². The first-order valence-electron chi connectivity index (χ1n) is 11.3. The third-order valence-corrected chi connectivity index (χ3v) is 10.7. The first kappa shape index (κ1) is 23.8. The van der Waals surface area contributed by atoms with Crippen LogP contribution in [-0.2, 0) is 4.43 Å². The molecule has 0 fully saturated rings. The molecule has 0 saturated carbocycles. The van der Waals surface area contributed by atoms with Crippen molar-refractivity contribution in [1.29, 1.82) is 0 Å². The van der Waals surface area contributed by atoms with Crippen molar-refractivity contribution in [3.8, 4) is 5.75 Å². The topological polar surface area (TPSA) is 44.5 Å². The minimum Gasteiger partial charge on any atom is -0.487 e. The monoisotopic (exact) mass is 445 g/mol. The Hall–Kier alpha value is -2.82. The molecule has 0 aromatic heterocycles. The van der Waals surface area contributed by atoms with E-state index in [9.17, 15) is 0 Å². The standard InChI is InChI=1S/C28H35NO2Si/c1-28(2,3)32(24-16-8-6-9-17-24,25-18-10-7-11-19-25)31-23-15-5-4-14-22-30-27-21-13-12-20-26(27)29/h4,6-14,16-21H,5,15,22-23,29H2,1-3H3/b14-4+. The van der Waals surface area contributed by atoms with Gasteiger partial charge in [0.25, 0.3) is 8.32 Å². The highest BCUT2D eigenvalue weighted by Crippen LogP contribution is 2.36. The molecule has 0 spiro atoms. The first-order chi connectivity index (χ1) is 15.4. The van der Waals surface area contributed by atoms with Crippen molar-refractivity contribution in [3.05, 3.63) is 97.1 Å². The van der Waals surface area contributed by atoms with Gasteiger partial charge in [-0.05, 0) is 40.4 Å². The number of nitrogens with two attached hydrogens (primary N) is 1. The van der Waals surface area contributed by atoms with Gasteiger partial charge in [0.15, 0.2) is 0 Å². The third-order valence-electron chi connectivity index (χ3n) is 5.67. The fourth-order valence-electron chi connectivity index (χ4n) is 4.12. The Bertz CT molecular complexity index is 942. The smallest absolute Gasteiger partial charge is 0.261 e. The summed E-state index contributed by atoms with van der Waals surface area (Å²) in [5, 5.41) is 2.65. The van der Waals surface area contributed by atoms with Crippen LogP contribution in [0.2, 0.25) is 5.04 Å². The van der Waals surface area contributed by atoms with Crippen molar-refractivity contribution in [2.75, 3.05) is 18.9 Å². The van der Waals surface area contributed by atoms with E-state index in [1.54, 1.807) is 0 Å². The molecule has 3 rings (SSSR count). The van der Waals surface area contributed by atoms with E-state index in [4.69, 9.17) is 14.9 Å². The molecule has 32 heavy (non-hydrogen) atoms. The van der Waals surface area contributed by atoms with Gasteiger partial charge in [0, 0.05) is 6.61 Å². The second-order valence-corrected chi connectivity index (χ2v) is 13.3. The predicted octanol–water partition coefficient (Wildman–Crippen LogP) is 5.56. The van der Waals surface area contributed by atoms with Gasteiger partial charge < -0.3 is 14.9 Å². The lowest BCUT2D eigenvalue weighted by molar-refractivity contribution is 0.293. The van der Waals surface area contributed by atoms with Crippen molar-refractivity contribution < 1.29 is 9.16 Å². The van der Waals surface area contributed by atoms with Crippen LogP contribution in [-0.4, -0.2) is 21.5 Å². The van der Waals surface area contributed by atoms with Gasteiger partial charge in [-0.1, -0.05) is 106 Å². The number of allylic oxidation sites excluding steroid dienone is 1. The van der Waals surface area contributed by atoms with Gasteiger partial charge in [0.05, 0.1) is 5.69 Å². The Morgan fingerprint density at radius 3 is 1.91 bits per heavy atom. The molecule has 3 aromatic rings. The van der Waals surface area contributed by atoms with Crippen molar-refractivity contribution >= 4 is 24.4 Å². The number of rotatable bonds is 10. The highest BCUT2D eigenvalue weighted by Gasteiger charge is 2.49. The maximum Gasteiger partial charge on any atom is 0.261 e. The molecule has 4 heteroatoms. The zero-order valence-corrected chi connectivity index (χ0v) is 20.5. The van der Waals surface area contributed by atoms with E-state index in [-0.39, 0.29) is 5.04 Å². The Labute approximate surface area is 194 Å². The van der Waals surface area contributed by atoms with Crippen molar-refractivity contribution in [3.63, 3.8) is 0 Å². The van der Waals surface area contributed by atoms with E-state index in [0.29, 0.717) is 12.3 Å². The van der Waals surface area contributed by atoms with Gasteiger partial charge in [-0.2, -0.15) is 0 Å². The van der Waals surface area contributed by atoms with Crippen molar-refractivity contribution in [2.24, 2.45) is 0 Å². The van der Waals surface area contributed by atoms with Crippen LogP contribution < -0.4 is 20.8 Å². The molecule has 0 saturated heterocycles. The summed E-state index contributed by atoms with van der Waals surface area (Å²) in [6.07, 6.45) is 6.13. The molecule has 0 aliphatic heterocycles. The highest BCUT2D eigenvalue weighted by molar-refractivity contribution is 6.99. The summed E-state index contributed by atoms with van der Waals surface area (Å²) >= 11 is 0. The summed E-state index contributed by atoms with van der Waals surface area (Å²) in [5.41, 5.74) is 6.58. The maximum absolute atomic E-state index is 6.92. The zero-order chi connectivity index (χ0) is 22.9. The summed E-state index contributed by atoms with van der Waals surface area (Å²) in [6.45, 7) is 8.18. The number of nitrogen functional groups attached to an aromatic ring is 1. The van der Waals surface area contributed by atoms with Gasteiger partial charge in [0.2, 0.25) is 0 Å². The van der Waals surface area contributed by atoms with E-state index in [2.05, 4.69) is 93.6 Å². The normalized spacial score (nSPS) is 12.2. The highest BCUT2D eigenvalue weighted by atomic mass is 28.4. The summed E-state index contributed by atoms with van der Waals surface area (Å²) in [6, 6.07) is 29.1. The fourth-order valence-corrected chi connectivity index (χ4v) is 8.73. The van der Waals surface area contributed by atoms with Crippen LogP contribution in [0, 0.1) is 0 Å². The molecular weight excluding hydrogens is 410 g/mol. The van der Waals surface area contributed by atoms with E-state index < -0.39 is 8.32 Å². The van der Waals surface area contributed by atoms with Gasteiger partial charge in [-0.25, -0.2) is 0 Å². The summed E-state index contributed by atoms with van der Waals surface area (Å²) in [5.74, 6) is 0.729. The Morgan fingerprint density at radius 2 is 1.34 bits per heavy atom. The number of hydrogen-bond donors (Lipinski definition) is 1. The van der Waals surface area contributed by atoms with E-state index >= 15 is 0 Å². The molecule has 2 N–H and O–H groups in total. The van der Waals surface area contributed by atoms with Crippen LogP contribution in [0.1, 0.15) is 33.6 Å².